The lowest BCUT2D eigenvalue weighted by Gasteiger charge is -2.16. The van der Waals surface area contributed by atoms with Crippen LogP contribution in [0.2, 0.25) is 0 Å². The van der Waals surface area contributed by atoms with Crippen LogP contribution in [0.3, 0.4) is 0 Å². The van der Waals surface area contributed by atoms with E-state index in [1.165, 1.54) is 11.3 Å². The summed E-state index contributed by atoms with van der Waals surface area (Å²) in [7, 11) is -2.35. The minimum Gasteiger partial charge on any atom is -0.349 e. The largest absolute Gasteiger partial charge is 0.349 e. The molecule has 0 aliphatic carbocycles. The van der Waals surface area contributed by atoms with E-state index >= 15 is 8.78 Å². The van der Waals surface area contributed by atoms with Crippen molar-refractivity contribution < 1.29 is 21.8 Å². The van der Waals surface area contributed by atoms with Crippen LogP contribution in [0.25, 0.3) is 21.7 Å². The van der Waals surface area contributed by atoms with Gasteiger partial charge in [-0.2, -0.15) is 0 Å². The number of halogens is 4. The number of anilines is 2. The molecule has 0 spiro atoms. The zero-order valence-electron chi connectivity index (χ0n) is 18.7. The second-order valence-corrected chi connectivity index (χ2v) is 9.47. The summed E-state index contributed by atoms with van der Waals surface area (Å²) in [6.45, 7) is 5.18. The average molecular weight is 521 g/mol. The second kappa shape index (κ2) is 10.5. The van der Waals surface area contributed by atoms with Crippen LogP contribution < -0.4 is 9.62 Å². The van der Waals surface area contributed by atoms with Crippen LogP contribution in [0, 0.1) is 23.3 Å². The molecule has 0 bridgehead atoms. The van der Waals surface area contributed by atoms with E-state index in [0.717, 1.165) is 30.3 Å². The SMILES string of the molecule is CCN(CC)c1nc(-c2c(F)ccc(NS(=O)c3cc(F)ccc3F)c2F)c(-c2ccncc2)s1. The number of rotatable bonds is 8. The van der Waals surface area contributed by atoms with Gasteiger partial charge in [-0.05, 0) is 61.9 Å². The van der Waals surface area contributed by atoms with Gasteiger partial charge < -0.3 is 4.90 Å². The third-order valence-electron chi connectivity index (χ3n) is 5.22. The first-order chi connectivity index (χ1) is 16.8. The van der Waals surface area contributed by atoms with E-state index in [9.17, 15) is 13.0 Å². The van der Waals surface area contributed by atoms with Gasteiger partial charge >= 0.3 is 0 Å². The Morgan fingerprint density at radius 2 is 1.66 bits per heavy atom. The van der Waals surface area contributed by atoms with Crippen molar-refractivity contribution >= 4 is 33.1 Å². The highest BCUT2D eigenvalue weighted by molar-refractivity contribution is 7.86. The number of hydrogen-bond acceptors (Lipinski definition) is 5. The monoisotopic (exact) mass is 520 g/mol. The van der Waals surface area contributed by atoms with Gasteiger partial charge in [0, 0.05) is 25.5 Å². The number of benzene rings is 2. The number of hydrogen-bond donors (Lipinski definition) is 1. The minimum atomic E-state index is -2.35. The quantitative estimate of drug-likeness (QED) is 0.273. The fourth-order valence-electron chi connectivity index (χ4n) is 3.43. The van der Waals surface area contributed by atoms with E-state index in [0.29, 0.717) is 28.7 Å². The lowest BCUT2D eigenvalue weighted by atomic mass is 10.1. The molecule has 0 amide bonds. The molecule has 5 nitrogen and oxygen atoms in total. The van der Waals surface area contributed by atoms with Gasteiger partial charge in [-0.15, -0.1) is 0 Å². The predicted molar refractivity (Wildman–Crippen MR) is 131 cm³/mol. The summed E-state index contributed by atoms with van der Waals surface area (Å²) in [5.74, 6) is -3.65. The maximum absolute atomic E-state index is 15.7. The number of nitrogens with one attached hydrogen (secondary N) is 1. The molecule has 182 valence electrons. The van der Waals surface area contributed by atoms with Crippen molar-refractivity contribution in [2.75, 3.05) is 22.7 Å². The number of aromatic nitrogens is 2. The molecule has 0 saturated carbocycles. The minimum absolute atomic E-state index is 0.0736. The van der Waals surface area contributed by atoms with Crippen LogP contribution >= 0.6 is 11.3 Å². The summed E-state index contributed by atoms with van der Waals surface area (Å²) in [6.07, 6.45) is 3.13. The van der Waals surface area contributed by atoms with Crippen molar-refractivity contribution in [3.63, 3.8) is 0 Å². The molecule has 0 fully saturated rings. The smallest absolute Gasteiger partial charge is 0.186 e. The molecule has 1 unspecified atom stereocenters. The van der Waals surface area contributed by atoms with Gasteiger partial charge in [0.15, 0.2) is 21.9 Å². The number of nitrogens with zero attached hydrogens (tertiary/aromatic N) is 3. The number of thiazole rings is 1. The molecule has 35 heavy (non-hydrogen) atoms. The van der Waals surface area contributed by atoms with Crippen LogP contribution in [0.4, 0.5) is 28.4 Å². The van der Waals surface area contributed by atoms with Gasteiger partial charge in [-0.25, -0.2) is 26.8 Å². The molecule has 4 aromatic rings. The Kier molecular flexibility index (Phi) is 7.46. The Morgan fingerprint density at radius 3 is 2.34 bits per heavy atom. The summed E-state index contributed by atoms with van der Waals surface area (Å²) in [6, 6.07) is 7.93. The Labute approximate surface area is 206 Å². The van der Waals surface area contributed by atoms with Crippen LogP contribution in [-0.4, -0.2) is 27.3 Å². The first-order valence-corrected chi connectivity index (χ1v) is 12.6. The maximum Gasteiger partial charge on any atom is 0.186 e. The molecular formula is C24H20F4N4OS2. The lowest BCUT2D eigenvalue weighted by molar-refractivity contribution is 0.572. The zero-order valence-corrected chi connectivity index (χ0v) is 20.3. The maximum atomic E-state index is 15.7. The van der Waals surface area contributed by atoms with Crippen molar-refractivity contribution in [3.05, 3.63) is 78.1 Å². The van der Waals surface area contributed by atoms with E-state index < -0.39 is 44.7 Å². The molecule has 2 heterocycles. The molecule has 1 atom stereocenters. The highest BCUT2D eigenvalue weighted by atomic mass is 32.2. The zero-order chi connectivity index (χ0) is 25.1. The predicted octanol–water partition coefficient (Wildman–Crippen LogP) is 6.41. The molecule has 4 rings (SSSR count). The van der Waals surface area contributed by atoms with Crippen molar-refractivity contribution in [2.24, 2.45) is 0 Å². The molecular weight excluding hydrogens is 500 g/mol. The van der Waals surface area contributed by atoms with Crippen LogP contribution in [0.5, 0.6) is 0 Å². The summed E-state index contributed by atoms with van der Waals surface area (Å²) >= 11 is 1.28. The first kappa shape index (κ1) is 24.8. The van der Waals surface area contributed by atoms with Crippen LogP contribution in [0.1, 0.15) is 13.8 Å². The molecule has 0 radical (unpaired) electrons. The van der Waals surface area contributed by atoms with E-state index in [2.05, 4.69) is 14.7 Å². The fourth-order valence-corrected chi connectivity index (χ4v) is 5.57. The van der Waals surface area contributed by atoms with E-state index in [1.807, 2.05) is 18.7 Å². The molecule has 0 saturated heterocycles. The van der Waals surface area contributed by atoms with E-state index in [-0.39, 0.29) is 11.4 Å². The third kappa shape index (κ3) is 5.06. The summed E-state index contributed by atoms with van der Waals surface area (Å²) in [5, 5.41) is 0.583. The lowest BCUT2D eigenvalue weighted by Crippen LogP contribution is -2.21. The molecule has 11 heteroatoms. The van der Waals surface area contributed by atoms with Gasteiger partial charge in [-0.3, -0.25) is 9.71 Å². The summed E-state index contributed by atoms with van der Waals surface area (Å²) in [4.78, 5) is 10.5. The van der Waals surface area contributed by atoms with Crippen molar-refractivity contribution in [1.82, 2.24) is 9.97 Å². The summed E-state index contributed by atoms with van der Waals surface area (Å²) in [5.41, 5.74) is -0.0208. The van der Waals surface area contributed by atoms with Gasteiger partial charge in [0.2, 0.25) is 0 Å². The molecule has 0 aliphatic rings. The highest BCUT2D eigenvalue weighted by Crippen LogP contribution is 2.43. The standard InChI is InChI=1S/C24H20F4N4OS2/c1-3-32(4-2)24-30-22(23(34-24)14-9-11-29-12-10-14)20-17(27)7-8-18(21(20)28)31-35(33)19-13-15(25)5-6-16(19)26/h5-13,31H,3-4H2,1-2H3. The Bertz CT molecular complexity index is 1380. The van der Waals surface area contributed by atoms with Gasteiger partial charge in [0.05, 0.1) is 26.7 Å². The van der Waals surface area contributed by atoms with E-state index in [1.54, 1.807) is 24.5 Å². The van der Waals surface area contributed by atoms with Crippen LogP contribution in [0.15, 0.2) is 59.8 Å². The third-order valence-corrected chi connectivity index (χ3v) is 7.50. The molecule has 2 aromatic carbocycles. The van der Waals surface area contributed by atoms with Crippen molar-refractivity contribution in [2.45, 2.75) is 18.7 Å². The molecule has 2 aromatic heterocycles. The topological polar surface area (TPSA) is 58.1 Å². The van der Waals surface area contributed by atoms with E-state index in [4.69, 9.17) is 0 Å². The van der Waals surface area contributed by atoms with Gasteiger partial charge in [0.1, 0.15) is 17.5 Å². The second-order valence-electron chi connectivity index (χ2n) is 7.31. The van der Waals surface area contributed by atoms with Crippen molar-refractivity contribution in [3.8, 4) is 21.7 Å². The highest BCUT2D eigenvalue weighted by Gasteiger charge is 2.25. The van der Waals surface area contributed by atoms with Crippen LogP contribution in [-0.2, 0) is 11.0 Å². The Hall–Kier alpha value is -3.31. The molecule has 1 N–H and O–H groups in total. The van der Waals surface area contributed by atoms with Gasteiger partial charge in [0.25, 0.3) is 0 Å². The van der Waals surface area contributed by atoms with Crippen molar-refractivity contribution in [1.29, 1.82) is 0 Å². The summed E-state index contributed by atoms with van der Waals surface area (Å²) < 4.78 is 73.3. The number of pyridine rings is 1. The Balaban J connectivity index is 1.83. The normalized spacial score (nSPS) is 11.9. The fraction of sp³-hybridized carbons (Fsp3) is 0.167. The Morgan fingerprint density at radius 1 is 0.971 bits per heavy atom. The average Bonchev–Trinajstić information content (AvgIpc) is 3.28. The molecule has 0 aliphatic heterocycles. The first-order valence-electron chi connectivity index (χ1n) is 10.6. The van der Waals surface area contributed by atoms with Gasteiger partial charge in [-0.1, -0.05) is 11.3 Å².